The summed E-state index contributed by atoms with van der Waals surface area (Å²) in [6.45, 7) is 15.5. The highest BCUT2D eigenvalue weighted by atomic mass is 35.5. The van der Waals surface area contributed by atoms with Gasteiger partial charge in [0.2, 0.25) is 10.1 Å². The number of anilines is 2. The average Bonchev–Trinajstić information content (AvgIpc) is 3.27. The van der Waals surface area contributed by atoms with Crippen molar-refractivity contribution >= 4 is 56.5 Å². The number of ether oxygens (including phenoxy) is 1. The SMILES string of the molecule is CC(C)(C)Nc1c(-c2cccc(Cl)c2Cl)nc2sc(N3CCC(C)(NC(=O)OC(C)(C)C)CC3)nn12. The maximum atomic E-state index is 12.3. The molecule has 1 aliphatic heterocycles. The van der Waals surface area contributed by atoms with Crippen molar-refractivity contribution in [2.24, 2.45) is 0 Å². The number of nitrogens with zero attached hydrogens (tertiary/aromatic N) is 4. The highest BCUT2D eigenvalue weighted by Crippen LogP contribution is 2.40. The van der Waals surface area contributed by atoms with E-state index in [-0.39, 0.29) is 17.2 Å². The van der Waals surface area contributed by atoms with E-state index >= 15 is 0 Å². The Morgan fingerprint density at radius 2 is 1.81 bits per heavy atom. The lowest BCUT2D eigenvalue weighted by molar-refractivity contribution is 0.0448. The predicted molar refractivity (Wildman–Crippen MR) is 149 cm³/mol. The summed E-state index contributed by atoms with van der Waals surface area (Å²) < 4.78 is 7.30. The van der Waals surface area contributed by atoms with Gasteiger partial charge in [0, 0.05) is 29.7 Å². The number of nitrogens with one attached hydrogen (secondary N) is 2. The Hall–Kier alpha value is -2.23. The quantitative estimate of drug-likeness (QED) is 0.367. The van der Waals surface area contributed by atoms with Gasteiger partial charge in [-0.2, -0.15) is 4.52 Å². The molecular formula is C25H34Cl2N6O2S. The molecule has 0 unspecified atom stereocenters. The minimum absolute atomic E-state index is 0.222. The summed E-state index contributed by atoms with van der Waals surface area (Å²) in [5.74, 6) is 0.776. The van der Waals surface area contributed by atoms with Gasteiger partial charge in [-0.15, -0.1) is 5.10 Å². The normalized spacial score (nSPS) is 16.3. The number of piperidine rings is 1. The molecule has 0 aliphatic carbocycles. The Morgan fingerprint density at radius 3 is 2.42 bits per heavy atom. The lowest BCUT2D eigenvalue weighted by Gasteiger charge is -2.39. The standard InChI is InChI=1S/C25H34Cl2N6O2S/c1-23(2,3)29-19-18(15-9-8-10-16(26)17(15)27)28-20-33(19)31-21(36-20)32-13-11-25(7,12-14-32)30-22(34)35-24(4,5)6/h8-10,29H,11-14H2,1-7H3,(H,30,34). The molecule has 0 radical (unpaired) electrons. The molecular weight excluding hydrogens is 519 g/mol. The third-order valence-electron chi connectivity index (χ3n) is 5.83. The zero-order valence-electron chi connectivity index (χ0n) is 21.8. The van der Waals surface area contributed by atoms with Crippen molar-refractivity contribution in [2.75, 3.05) is 23.3 Å². The first-order valence-corrected chi connectivity index (χ1v) is 13.6. The van der Waals surface area contributed by atoms with Gasteiger partial charge in [0.15, 0.2) is 5.82 Å². The number of fused-ring (bicyclic) bond motifs is 1. The molecule has 2 aromatic heterocycles. The first-order valence-electron chi connectivity index (χ1n) is 12.0. The number of imidazole rings is 1. The molecule has 0 atom stereocenters. The Labute approximate surface area is 226 Å². The summed E-state index contributed by atoms with van der Waals surface area (Å²) in [4.78, 5) is 20.2. The molecule has 196 valence electrons. The smallest absolute Gasteiger partial charge is 0.408 e. The molecule has 1 amide bonds. The van der Waals surface area contributed by atoms with Gasteiger partial charge in [-0.25, -0.2) is 9.78 Å². The second-order valence-electron chi connectivity index (χ2n) is 11.5. The van der Waals surface area contributed by atoms with Crippen LogP contribution < -0.4 is 15.5 Å². The molecule has 2 N–H and O–H groups in total. The third-order valence-corrected chi connectivity index (χ3v) is 7.62. The van der Waals surface area contributed by atoms with Gasteiger partial charge in [-0.05, 0) is 67.4 Å². The highest BCUT2D eigenvalue weighted by molar-refractivity contribution is 7.20. The van der Waals surface area contributed by atoms with Crippen LogP contribution in [0.1, 0.15) is 61.3 Å². The van der Waals surface area contributed by atoms with Crippen molar-refractivity contribution in [3.8, 4) is 11.3 Å². The van der Waals surface area contributed by atoms with Gasteiger partial charge in [-0.1, -0.05) is 46.7 Å². The van der Waals surface area contributed by atoms with E-state index in [1.165, 1.54) is 11.3 Å². The minimum atomic E-state index is -0.524. The van der Waals surface area contributed by atoms with Gasteiger partial charge in [0.05, 0.1) is 10.0 Å². The number of hydrogen-bond acceptors (Lipinski definition) is 7. The molecule has 0 spiro atoms. The summed E-state index contributed by atoms with van der Waals surface area (Å²) in [6.07, 6.45) is 1.19. The van der Waals surface area contributed by atoms with E-state index in [0.29, 0.717) is 10.0 Å². The van der Waals surface area contributed by atoms with Crippen LogP contribution >= 0.6 is 34.5 Å². The van der Waals surface area contributed by atoms with E-state index in [2.05, 4.69) is 43.2 Å². The molecule has 8 nitrogen and oxygen atoms in total. The van der Waals surface area contributed by atoms with Gasteiger partial charge in [0.25, 0.3) is 0 Å². The number of aromatic nitrogens is 3. The van der Waals surface area contributed by atoms with Crippen LogP contribution in [0.25, 0.3) is 16.2 Å². The summed E-state index contributed by atoms with van der Waals surface area (Å²) >= 11 is 14.4. The molecule has 1 aromatic carbocycles. The zero-order chi connectivity index (χ0) is 26.5. The lowest BCUT2D eigenvalue weighted by Crippen LogP contribution is -2.54. The van der Waals surface area contributed by atoms with Crippen LogP contribution in [-0.4, -0.2) is 50.5 Å². The van der Waals surface area contributed by atoms with E-state index in [1.54, 1.807) is 6.07 Å². The van der Waals surface area contributed by atoms with Crippen LogP contribution in [0.2, 0.25) is 10.0 Å². The fourth-order valence-corrected chi connectivity index (χ4v) is 5.42. The van der Waals surface area contributed by atoms with Crippen molar-refractivity contribution in [2.45, 2.75) is 78.0 Å². The number of rotatable bonds is 4. The van der Waals surface area contributed by atoms with Gasteiger partial charge in [0.1, 0.15) is 11.3 Å². The zero-order valence-corrected chi connectivity index (χ0v) is 24.2. The average molecular weight is 554 g/mol. The summed E-state index contributed by atoms with van der Waals surface area (Å²) in [6, 6.07) is 5.55. The number of alkyl carbamates (subject to hydrolysis) is 1. The molecule has 3 aromatic rings. The molecule has 4 rings (SSSR count). The van der Waals surface area contributed by atoms with Crippen molar-refractivity contribution in [1.82, 2.24) is 19.9 Å². The minimum Gasteiger partial charge on any atom is -0.444 e. The van der Waals surface area contributed by atoms with E-state index in [1.807, 2.05) is 37.4 Å². The topological polar surface area (TPSA) is 83.8 Å². The van der Waals surface area contributed by atoms with Gasteiger partial charge < -0.3 is 20.3 Å². The molecule has 1 aliphatic rings. The van der Waals surface area contributed by atoms with Crippen LogP contribution in [-0.2, 0) is 4.74 Å². The molecule has 1 fully saturated rings. The Morgan fingerprint density at radius 1 is 1.14 bits per heavy atom. The van der Waals surface area contributed by atoms with E-state index in [4.69, 9.17) is 38.0 Å². The van der Waals surface area contributed by atoms with E-state index in [0.717, 1.165) is 53.1 Å². The third kappa shape index (κ3) is 6.01. The van der Waals surface area contributed by atoms with Crippen molar-refractivity contribution < 1.29 is 9.53 Å². The Bertz CT molecular complexity index is 1270. The van der Waals surface area contributed by atoms with E-state index < -0.39 is 5.60 Å². The number of halogens is 2. The van der Waals surface area contributed by atoms with Crippen LogP contribution in [0.4, 0.5) is 15.7 Å². The Balaban J connectivity index is 1.58. The fourth-order valence-electron chi connectivity index (χ4n) is 4.07. The maximum Gasteiger partial charge on any atom is 0.408 e. The number of hydrogen-bond donors (Lipinski definition) is 2. The molecule has 11 heteroatoms. The summed E-state index contributed by atoms with van der Waals surface area (Å²) in [7, 11) is 0. The second-order valence-corrected chi connectivity index (χ2v) is 13.3. The van der Waals surface area contributed by atoms with Crippen molar-refractivity contribution in [3.05, 3.63) is 28.2 Å². The lowest BCUT2D eigenvalue weighted by atomic mass is 9.90. The highest BCUT2D eigenvalue weighted by Gasteiger charge is 2.34. The first kappa shape index (κ1) is 26.8. The van der Waals surface area contributed by atoms with Crippen LogP contribution in [0.3, 0.4) is 0 Å². The van der Waals surface area contributed by atoms with Gasteiger partial charge in [-0.3, -0.25) is 0 Å². The fraction of sp³-hybridized carbons (Fsp3) is 0.560. The molecule has 3 heterocycles. The number of amides is 1. The summed E-state index contributed by atoms with van der Waals surface area (Å²) in [5, 5.41) is 13.4. The maximum absolute atomic E-state index is 12.3. The van der Waals surface area contributed by atoms with Crippen LogP contribution in [0, 0.1) is 0 Å². The summed E-state index contributed by atoms with van der Waals surface area (Å²) in [5.41, 5.74) is 0.405. The van der Waals surface area contributed by atoms with Crippen LogP contribution in [0.5, 0.6) is 0 Å². The molecule has 1 saturated heterocycles. The van der Waals surface area contributed by atoms with E-state index in [9.17, 15) is 4.79 Å². The molecule has 0 saturated carbocycles. The van der Waals surface area contributed by atoms with Crippen molar-refractivity contribution in [3.63, 3.8) is 0 Å². The van der Waals surface area contributed by atoms with Crippen LogP contribution in [0.15, 0.2) is 18.2 Å². The van der Waals surface area contributed by atoms with Gasteiger partial charge >= 0.3 is 6.09 Å². The number of benzene rings is 1. The second kappa shape index (κ2) is 9.58. The number of carbonyl (C=O) groups excluding carboxylic acids is 1. The molecule has 0 bridgehead atoms. The Kier molecular flexibility index (Phi) is 7.13. The largest absolute Gasteiger partial charge is 0.444 e. The number of carbonyl (C=O) groups is 1. The first-order chi connectivity index (χ1) is 16.6. The predicted octanol–water partition coefficient (Wildman–Crippen LogP) is 6.86. The monoisotopic (exact) mass is 552 g/mol. The molecule has 36 heavy (non-hydrogen) atoms. The van der Waals surface area contributed by atoms with Crippen molar-refractivity contribution in [1.29, 1.82) is 0 Å².